The van der Waals surface area contributed by atoms with Crippen LogP contribution in [0.5, 0.6) is 0 Å². The van der Waals surface area contributed by atoms with Crippen LogP contribution in [0.1, 0.15) is 0 Å². The molecule has 0 unspecified atom stereocenters. The van der Waals surface area contributed by atoms with Gasteiger partial charge in [-0.2, -0.15) is 0 Å². The Kier molecular flexibility index (Phi) is 5.04. The molecule has 0 saturated carbocycles. The molecule has 3 nitrogen and oxygen atoms in total. The third-order valence-electron chi connectivity index (χ3n) is 1.86. The summed E-state index contributed by atoms with van der Waals surface area (Å²) in [6.45, 7) is 14.4. The van der Waals surface area contributed by atoms with Gasteiger partial charge in [0, 0.05) is 6.54 Å². The maximum atomic E-state index is 10.8. The molecule has 0 N–H and O–H groups in total. The average molecular weight is 233 g/mol. The van der Waals surface area contributed by atoms with E-state index in [2.05, 4.69) is 39.3 Å². The van der Waals surface area contributed by atoms with Crippen LogP contribution in [0.4, 0.5) is 0 Å². The standard InChI is InChI=1S/C9H23NO2Si2/c1-13(2,3)10(9-11)7-8-12-14(4,5)6/h9H,7-8H2,1-6H3. The molecule has 0 aliphatic carbocycles. The predicted octanol–water partition coefficient (Wildman–Crippen LogP) is 2.13. The quantitative estimate of drug-likeness (QED) is 0.519. The molecule has 0 aromatic rings. The smallest absolute Gasteiger partial charge is 0.201 e. The van der Waals surface area contributed by atoms with Gasteiger partial charge >= 0.3 is 0 Å². The van der Waals surface area contributed by atoms with Gasteiger partial charge in [0.05, 0.1) is 6.61 Å². The number of hydrogen-bond acceptors (Lipinski definition) is 2. The topological polar surface area (TPSA) is 29.5 Å². The van der Waals surface area contributed by atoms with Crippen molar-refractivity contribution in [2.24, 2.45) is 0 Å². The molecule has 0 saturated heterocycles. The minimum absolute atomic E-state index is 0.679. The van der Waals surface area contributed by atoms with Crippen LogP contribution in [0.25, 0.3) is 0 Å². The van der Waals surface area contributed by atoms with Crippen molar-refractivity contribution in [3.05, 3.63) is 0 Å². The van der Waals surface area contributed by atoms with Gasteiger partial charge in [0.25, 0.3) is 0 Å². The Labute approximate surface area is 89.7 Å². The van der Waals surface area contributed by atoms with Crippen LogP contribution in [0, 0.1) is 0 Å². The molecule has 0 spiro atoms. The molecule has 0 radical (unpaired) electrons. The van der Waals surface area contributed by atoms with Crippen molar-refractivity contribution >= 4 is 23.0 Å². The Hall–Kier alpha value is -0.136. The number of rotatable bonds is 6. The molecule has 84 valence electrons. The van der Waals surface area contributed by atoms with Crippen LogP contribution in [0.2, 0.25) is 39.3 Å². The average Bonchev–Trinajstić information content (AvgIpc) is 1.93. The minimum atomic E-state index is -1.48. The Morgan fingerprint density at radius 3 is 1.93 bits per heavy atom. The number of carbonyl (C=O) groups excluding carboxylic acids is 1. The van der Waals surface area contributed by atoms with Gasteiger partial charge < -0.3 is 8.99 Å². The molecule has 0 rings (SSSR count). The molecule has 0 aromatic carbocycles. The molecule has 14 heavy (non-hydrogen) atoms. The van der Waals surface area contributed by atoms with E-state index in [9.17, 15) is 4.79 Å². The summed E-state index contributed by atoms with van der Waals surface area (Å²) in [5, 5.41) is 0. The van der Waals surface area contributed by atoms with Crippen LogP contribution in [0.15, 0.2) is 0 Å². The second-order valence-corrected chi connectivity index (χ2v) is 14.9. The molecule has 0 aliphatic rings. The maximum Gasteiger partial charge on any atom is 0.201 e. The highest BCUT2D eigenvalue weighted by Crippen LogP contribution is 2.07. The Morgan fingerprint density at radius 2 is 1.64 bits per heavy atom. The molecule has 5 heteroatoms. The summed E-state index contributed by atoms with van der Waals surface area (Å²) in [6, 6.07) is 0. The lowest BCUT2D eigenvalue weighted by Crippen LogP contribution is -2.47. The van der Waals surface area contributed by atoms with Crippen LogP contribution >= 0.6 is 0 Å². The zero-order chi connectivity index (χ0) is 11.4. The predicted molar refractivity (Wildman–Crippen MR) is 65.4 cm³/mol. The molecule has 0 heterocycles. The Bertz CT molecular complexity index is 184. The first kappa shape index (κ1) is 13.9. The third-order valence-corrected chi connectivity index (χ3v) is 4.98. The fourth-order valence-corrected chi connectivity index (χ4v) is 2.78. The van der Waals surface area contributed by atoms with E-state index in [0.29, 0.717) is 6.61 Å². The van der Waals surface area contributed by atoms with E-state index < -0.39 is 16.6 Å². The van der Waals surface area contributed by atoms with E-state index in [0.717, 1.165) is 13.0 Å². The Balaban J connectivity index is 3.93. The first-order valence-corrected chi connectivity index (χ1v) is 11.9. The minimum Gasteiger partial charge on any atom is -0.416 e. The van der Waals surface area contributed by atoms with E-state index in [1.807, 2.05) is 4.57 Å². The van der Waals surface area contributed by atoms with Crippen molar-refractivity contribution in [3.8, 4) is 0 Å². The fraction of sp³-hybridized carbons (Fsp3) is 0.889. The van der Waals surface area contributed by atoms with Gasteiger partial charge in [-0.1, -0.05) is 19.6 Å². The van der Waals surface area contributed by atoms with Crippen molar-refractivity contribution in [2.45, 2.75) is 39.3 Å². The summed E-state index contributed by atoms with van der Waals surface area (Å²) in [6.07, 6.45) is 0.958. The summed E-state index contributed by atoms with van der Waals surface area (Å²) in [5.41, 5.74) is 0. The second-order valence-electron chi connectivity index (χ2n) is 5.43. The summed E-state index contributed by atoms with van der Waals surface area (Å²) in [4.78, 5) is 10.8. The van der Waals surface area contributed by atoms with Crippen LogP contribution < -0.4 is 0 Å². The van der Waals surface area contributed by atoms with Gasteiger partial charge in [0.1, 0.15) is 0 Å². The molecular formula is C9H23NO2Si2. The first-order chi connectivity index (χ1) is 6.17. The van der Waals surface area contributed by atoms with Crippen LogP contribution in [-0.4, -0.2) is 40.7 Å². The van der Waals surface area contributed by atoms with E-state index in [1.54, 1.807) is 0 Å². The summed E-state index contributed by atoms with van der Waals surface area (Å²) in [5.74, 6) is 0. The summed E-state index contributed by atoms with van der Waals surface area (Å²) in [7, 11) is -2.91. The highest BCUT2D eigenvalue weighted by atomic mass is 28.4. The van der Waals surface area contributed by atoms with Crippen molar-refractivity contribution in [3.63, 3.8) is 0 Å². The molecular weight excluding hydrogens is 210 g/mol. The summed E-state index contributed by atoms with van der Waals surface area (Å²) < 4.78 is 7.63. The van der Waals surface area contributed by atoms with Gasteiger partial charge in [-0.25, -0.2) is 0 Å². The SMILES string of the molecule is C[Si](C)(C)OCCN(C=O)[Si](C)(C)C. The second kappa shape index (κ2) is 5.09. The molecule has 0 atom stereocenters. The lowest BCUT2D eigenvalue weighted by molar-refractivity contribution is -0.114. The van der Waals surface area contributed by atoms with Gasteiger partial charge in [0.15, 0.2) is 16.6 Å². The van der Waals surface area contributed by atoms with E-state index >= 15 is 0 Å². The zero-order valence-electron chi connectivity index (χ0n) is 10.3. The van der Waals surface area contributed by atoms with Crippen molar-refractivity contribution in [1.82, 2.24) is 4.57 Å². The number of carbonyl (C=O) groups is 1. The van der Waals surface area contributed by atoms with Gasteiger partial charge in [-0.15, -0.1) is 0 Å². The normalized spacial score (nSPS) is 12.7. The highest BCUT2D eigenvalue weighted by Gasteiger charge is 2.22. The maximum absolute atomic E-state index is 10.8. The van der Waals surface area contributed by atoms with Crippen molar-refractivity contribution < 1.29 is 9.22 Å². The number of nitrogens with zero attached hydrogens (tertiary/aromatic N) is 1. The van der Waals surface area contributed by atoms with Crippen molar-refractivity contribution in [1.29, 1.82) is 0 Å². The van der Waals surface area contributed by atoms with Crippen LogP contribution in [-0.2, 0) is 9.22 Å². The number of amides is 1. The lowest BCUT2D eigenvalue weighted by atomic mass is 10.7. The fourth-order valence-electron chi connectivity index (χ4n) is 0.996. The molecule has 0 aromatic heterocycles. The zero-order valence-corrected chi connectivity index (χ0v) is 12.3. The van der Waals surface area contributed by atoms with Gasteiger partial charge in [-0.05, 0) is 19.6 Å². The largest absolute Gasteiger partial charge is 0.416 e. The van der Waals surface area contributed by atoms with Crippen molar-refractivity contribution in [2.75, 3.05) is 13.2 Å². The molecule has 1 amide bonds. The molecule has 0 aliphatic heterocycles. The monoisotopic (exact) mass is 233 g/mol. The number of hydrogen-bond donors (Lipinski definition) is 0. The van der Waals surface area contributed by atoms with Gasteiger partial charge in [0.2, 0.25) is 6.41 Å². The van der Waals surface area contributed by atoms with E-state index in [-0.39, 0.29) is 0 Å². The Morgan fingerprint density at radius 1 is 1.14 bits per heavy atom. The van der Waals surface area contributed by atoms with E-state index in [4.69, 9.17) is 4.43 Å². The molecule has 0 fully saturated rings. The molecule has 0 bridgehead atoms. The van der Waals surface area contributed by atoms with Gasteiger partial charge in [-0.3, -0.25) is 4.79 Å². The highest BCUT2D eigenvalue weighted by molar-refractivity contribution is 6.74. The summed E-state index contributed by atoms with van der Waals surface area (Å²) >= 11 is 0. The first-order valence-electron chi connectivity index (χ1n) is 5.03. The van der Waals surface area contributed by atoms with Crippen LogP contribution in [0.3, 0.4) is 0 Å². The third kappa shape index (κ3) is 6.34. The lowest BCUT2D eigenvalue weighted by Gasteiger charge is -2.31. The van der Waals surface area contributed by atoms with E-state index in [1.165, 1.54) is 0 Å².